The summed E-state index contributed by atoms with van der Waals surface area (Å²) in [5.41, 5.74) is 0. The molecule has 21 heavy (non-hydrogen) atoms. The van der Waals surface area contributed by atoms with Crippen molar-refractivity contribution in [2.45, 2.75) is 18.9 Å². The van der Waals surface area contributed by atoms with Crippen molar-refractivity contribution in [3.63, 3.8) is 0 Å². The molecule has 1 aromatic heterocycles. The van der Waals surface area contributed by atoms with Crippen molar-refractivity contribution < 1.29 is 4.79 Å². The number of hydrogen-bond donors (Lipinski definition) is 2. The number of nitrogens with zero attached hydrogens (tertiary/aromatic N) is 3. The molecule has 2 aliphatic heterocycles. The normalized spacial score (nSPS) is 19.0. The molecule has 1 amide bonds. The van der Waals surface area contributed by atoms with Gasteiger partial charge in [-0.15, -0.1) is 29.9 Å². The summed E-state index contributed by atoms with van der Waals surface area (Å²) in [6, 6.07) is 4.18. The first-order valence-corrected chi connectivity index (χ1v) is 6.86. The van der Waals surface area contributed by atoms with Gasteiger partial charge >= 0.3 is 0 Å². The van der Waals surface area contributed by atoms with E-state index in [0.29, 0.717) is 11.9 Å². The average Bonchev–Trinajstić information content (AvgIpc) is 2.39. The molecule has 0 spiro atoms. The number of rotatable bonds is 3. The SMILES string of the molecule is Cl.Cl.O=C(C1CNC1)N1CCC(Nc2cccnn2)CC1. The van der Waals surface area contributed by atoms with Gasteiger partial charge < -0.3 is 15.5 Å². The number of piperidine rings is 1. The highest BCUT2D eigenvalue weighted by molar-refractivity contribution is 5.85. The van der Waals surface area contributed by atoms with E-state index in [1.54, 1.807) is 6.20 Å². The van der Waals surface area contributed by atoms with Crippen molar-refractivity contribution in [3.05, 3.63) is 18.3 Å². The van der Waals surface area contributed by atoms with Crippen molar-refractivity contribution in [1.29, 1.82) is 0 Å². The van der Waals surface area contributed by atoms with E-state index in [1.807, 2.05) is 17.0 Å². The molecule has 118 valence electrons. The van der Waals surface area contributed by atoms with Crippen LogP contribution in [0.4, 0.5) is 5.82 Å². The Morgan fingerprint density at radius 2 is 2.00 bits per heavy atom. The van der Waals surface area contributed by atoms with Crippen molar-refractivity contribution in [3.8, 4) is 0 Å². The second-order valence-corrected chi connectivity index (χ2v) is 5.21. The summed E-state index contributed by atoms with van der Waals surface area (Å²) in [6.07, 6.45) is 3.62. The smallest absolute Gasteiger partial charge is 0.228 e. The number of aromatic nitrogens is 2. The van der Waals surface area contributed by atoms with E-state index in [2.05, 4.69) is 20.8 Å². The first kappa shape index (κ1) is 17.9. The number of carbonyl (C=O) groups excluding carboxylic acids is 1. The molecule has 3 heterocycles. The predicted molar refractivity (Wildman–Crippen MR) is 86.1 cm³/mol. The molecule has 2 N–H and O–H groups in total. The summed E-state index contributed by atoms with van der Waals surface area (Å²) >= 11 is 0. The van der Waals surface area contributed by atoms with Crippen LogP contribution in [-0.2, 0) is 4.79 Å². The maximum absolute atomic E-state index is 12.1. The lowest BCUT2D eigenvalue weighted by atomic mass is 9.98. The number of amides is 1. The van der Waals surface area contributed by atoms with Gasteiger partial charge in [-0.25, -0.2) is 0 Å². The first-order chi connectivity index (χ1) is 9.33. The van der Waals surface area contributed by atoms with Gasteiger partial charge in [-0.2, -0.15) is 5.10 Å². The molecule has 8 heteroatoms. The van der Waals surface area contributed by atoms with Gasteiger partial charge in [0.1, 0.15) is 5.82 Å². The minimum atomic E-state index is 0. The molecule has 1 aromatic rings. The van der Waals surface area contributed by atoms with Crippen LogP contribution < -0.4 is 10.6 Å². The Bertz CT molecular complexity index is 435. The van der Waals surface area contributed by atoms with E-state index in [0.717, 1.165) is 44.8 Å². The highest BCUT2D eigenvalue weighted by atomic mass is 35.5. The second kappa shape index (κ2) is 8.36. The van der Waals surface area contributed by atoms with E-state index < -0.39 is 0 Å². The summed E-state index contributed by atoms with van der Waals surface area (Å²) in [4.78, 5) is 14.1. The van der Waals surface area contributed by atoms with Gasteiger partial charge in [-0.1, -0.05) is 0 Å². The third-order valence-corrected chi connectivity index (χ3v) is 3.86. The fourth-order valence-corrected chi connectivity index (χ4v) is 2.55. The minimum Gasteiger partial charge on any atom is -0.366 e. The summed E-state index contributed by atoms with van der Waals surface area (Å²) in [6.45, 7) is 3.37. The van der Waals surface area contributed by atoms with E-state index in [-0.39, 0.29) is 30.7 Å². The summed E-state index contributed by atoms with van der Waals surface area (Å²) < 4.78 is 0. The van der Waals surface area contributed by atoms with Crippen molar-refractivity contribution in [2.24, 2.45) is 5.92 Å². The number of carbonyl (C=O) groups is 1. The van der Waals surface area contributed by atoms with Gasteiger partial charge in [0.05, 0.1) is 5.92 Å². The van der Waals surface area contributed by atoms with Crippen LogP contribution in [-0.4, -0.2) is 53.2 Å². The standard InChI is InChI=1S/C13H19N5O.2ClH/c19-13(10-8-14-9-10)18-6-3-11(4-7-18)16-12-2-1-5-15-17-12;;/h1-2,5,10-11,14H,3-4,6-9H2,(H,16,17);2*1H. The van der Waals surface area contributed by atoms with Crippen molar-refractivity contribution in [1.82, 2.24) is 20.4 Å². The maximum Gasteiger partial charge on any atom is 0.228 e. The number of halogens is 2. The summed E-state index contributed by atoms with van der Waals surface area (Å²) in [5, 5.41) is 14.4. The molecule has 0 aromatic carbocycles. The monoisotopic (exact) mass is 333 g/mol. The van der Waals surface area contributed by atoms with Gasteiger partial charge in [-0.3, -0.25) is 4.79 Å². The third-order valence-electron chi connectivity index (χ3n) is 3.86. The van der Waals surface area contributed by atoms with Crippen molar-refractivity contribution in [2.75, 3.05) is 31.5 Å². The summed E-state index contributed by atoms with van der Waals surface area (Å²) in [5.74, 6) is 1.34. The maximum atomic E-state index is 12.1. The molecule has 6 nitrogen and oxygen atoms in total. The van der Waals surface area contributed by atoms with Crippen LogP contribution in [0.2, 0.25) is 0 Å². The zero-order valence-corrected chi connectivity index (χ0v) is 13.3. The third kappa shape index (κ3) is 4.43. The fourth-order valence-electron chi connectivity index (χ4n) is 2.55. The number of likely N-dealkylation sites (tertiary alicyclic amines) is 1. The molecule has 2 saturated heterocycles. The van der Waals surface area contributed by atoms with E-state index >= 15 is 0 Å². The molecule has 0 saturated carbocycles. The molecular formula is C13H21Cl2N5O. The van der Waals surface area contributed by atoms with E-state index in [1.165, 1.54) is 0 Å². The Labute approximate surface area is 136 Å². The largest absolute Gasteiger partial charge is 0.366 e. The van der Waals surface area contributed by atoms with Crippen molar-refractivity contribution >= 4 is 36.5 Å². The number of anilines is 1. The Hall–Kier alpha value is -1.11. The zero-order valence-electron chi connectivity index (χ0n) is 11.7. The van der Waals surface area contributed by atoms with E-state index in [9.17, 15) is 4.79 Å². The Morgan fingerprint density at radius 1 is 1.29 bits per heavy atom. The van der Waals surface area contributed by atoms with Gasteiger partial charge in [0, 0.05) is 38.4 Å². The molecule has 0 radical (unpaired) electrons. The van der Waals surface area contributed by atoms with E-state index in [4.69, 9.17) is 0 Å². The zero-order chi connectivity index (χ0) is 13.1. The number of hydrogen-bond acceptors (Lipinski definition) is 5. The quantitative estimate of drug-likeness (QED) is 0.861. The van der Waals surface area contributed by atoms with Gasteiger partial charge in [0.2, 0.25) is 5.91 Å². The lowest BCUT2D eigenvalue weighted by molar-refractivity contribution is -0.138. The van der Waals surface area contributed by atoms with Crippen LogP contribution in [0.5, 0.6) is 0 Å². The van der Waals surface area contributed by atoms with Gasteiger partial charge in [-0.05, 0) is 25.0 Å². The van der Waals surface area contributed by atoms with Crippen LogP contribution in [0.15, 0.2) is 18.3 Å². The van der Waals surface area contributed by atoms with Crippen LogP contribution >= 0.6 is 24.8 Å². The van der Waals surface area contributed by atoms with Gasteiger partial charge in [0.25, 0.3) is 0 Å². The molecule has 2 aliphatic rings. The number of nitrogens with one attached hydrogen (secondary N) is 2. The van der Waals surface area contributed by atoms with Gasteiger partial charge in [0.15, 0.2) is 0 Å². The highest BCUT2D eigenvalue weighted by Crippen LogP contribution is 2.17. The molecule has 0 unspecified atom stereocenters. The molecular weight excluding hydrogens is 313 g/mol. The lowest BCUT2D eigenvalue weighted by Gasteiger charge is -2.37. The first-order valence-electron chi connectivity index (χ1n) is 6.86. The topological polar surface area (TPSA) is 70.2 Å². The molecule has 0 bridgehead atoms. The molecule has 0 aliphatic carbocycles. The molecule has 3 rings (SSSR count). The minimum absolute atomic E-state index is 0. The second-order valence-electron chi connectivity index (χ2n) is 5.21. The molecule has 0 atom stereocenters. The average molecular weight is 334 g/mol. The fraction of sp³-hybridized carbons (Fsp3) is 0.615. The predicted octanol–water partition coefficient (Wildman–Crippen LogP) is 0.942. The van der Waals surface area contributed by atoms with Crippen LogP contribution in [0, 0.1) is 5.92 Å². The lowest BCUT2D eigenvalue weighted by Crippen LogP contribution is -2.54. The van der Waals surface area contributed by atoms with Crippen LogP contribution in [0.25, 0.3) is 0 Å². The Balaban J connectivity index is 0.00000110. The Kier molecular flexibility index (Phi) is 7.14. The highest BCUT2D eigenvalue weighted by Gasteiger charge is 2.31. The summed E-state index contributed by atoms with van der Waals surface area (Å²) in [7, 11) is 0. The van der Waals surface area contributed by atoms with Crippen LogP contribution in [0.3, 0.4) is 0 Å². The van der Waals surface area contributed by atoms with Crippen LogP contribution in [0.1, 0.15) is 12.8 Å². The molecule has 2 fully saturated rings. The Morgan fingerprint density at radius 3 is 2.52 bits per heavy atom.